The number of aliphatic hydroxyl groups is 3. The average Bonchev–Trinajstić information content (AvgIpc) is 2.50. The second-order valence-corrected chi connectivity index (χ2v) is 3.09. The van der Waals surface area contributed by atoms with Crippen molar-refractivity contribution in [3.63, 3.8) is 0 Å². The number of aliphatic hydroxyl groups excluding tert-OH is 3. The number of hydrogen-bond acceptors (Lipinski definition) is 3. The minimum Gasteiger partial charge on any atom is -0.396 e. The van der Waals surface area contributed by atoms with Crippen LogP contribution in [0.25, 0.3) is 0 Å². The van der Waals surface area contributed by atoms with Gasteiger partial charge in [-0.1, -0.05) is 0 Å². The Labute approximate surface area is 82.9 Å². The number of hydrogen-bond donors (Lipinski definition) is 3. The van der Waals surface area contributed by atoms with Crippen molar-refractivity contribution < 1.29 is 19.9 Å². The Morgan fingerprint density at radius 2 is 1.93 bits per heavy atom. The van der Waals surface area contributed by atoms with Gasteiger partial charge in [0.1, 0.15) is 25.0 Å². The first kappa shape index (κ1) is 11.2. The first-order valence-electron chi connectivity index (χ1n) is 4.72. The van der Waals surface area contributed by atoms with E-state index in [0.717, 1.165) is 5.69 Å². The van der Waals surface area contributed by atoms with Gasteiger partial charge in [-0.25, -0.2) is 9.13 Å². The highest BCUT2D eigenvalue weighted by Crippen LogP contribution is 1.98. The van der Waals surface area contributed by atoms with Crippen molar-refractivity contribution in [2.45, 2.75) is 19.5 Å². The molecule has 0 amide bonds. The maximum absolute atomic E-state index is 8.82. The Bertz CT molecular complexity index is 250. The molecular formula is C9H17N2O3+. The van der Waals surface area contributed by atoms with Crippen molar-refractivity contribution in [1.29, 1.82) is 0 Å². The van der Waals surface area contributed by atoms with E-state index >= 15 is 0 Å². The largest absolute Gasteiger partial charge is 0.396 e. The molecule has 0 radical (unpaired) electrons. The molecule has 0 aliphatic carbocycles. The maximum atomic E-state index is 8.82. The number of rotatable bonds is 6. The van der Waals surface area contributed by atoms with Gasteiger partial charge in [0.25, 0.3) is 0 Å². The highest BCUT2D eigenvalue weighted by molar-refractivity contribution is 4.94. The Balaban J connectivity index is 2.76. The third kappa shape index (κ3) is 2.80. The summed E-state index contributed by atoms with van der Waals surface area (Å²) >= 11 is 0. The molecule has 0 saturated heterocycles. The van der Waals surface area contributed by atoms with Crippen LogP contribution in [0, 0.1) is 0 Å². The third-order valence-electron chi connectivity index (χ3n) is 2.04. The van der Waals surface area contributed by atoms with E-state index < -0.39 is 0 Å². The maximum Gasteiger partial charge on any atom is 0.244 e. The molecule has 1 aromatic rings. The van der Waals surface area contributed by atoms with Crippen molar-refractivity contribution in [1.82, 2.24) is 4.57 Å². The Hall–Kier alpha value is -0.910. The van der Waals surface area contributed by atoms with Gasteiger partial charge in [0.2, 0.25) is 6.33 Å². The van der Waals surface area contributed by atoms with Gasteiger partial charge in [-0.15, -0.1) is 0 Å². The molecule has 80 valence electrons. The predicted octanol–water partition coefficient (Wildman–Crippen LogP) is -1.70. The van der Waals surface area contributed by atoms with E-state index in [2.05, 4.69) is 0 Å². The van der Waals surface area contributed by atoms with Crippen LogP contribution in [0.2, 0.25) is 0 Å². The highest BCUT2D eigenvalue weighted by atomic mass is 16.3. The molecule has 0 bridgehead atoms. The number of aromatic nitrogens is 2. The van der Waals surface area contributed by atoms with Gasteiger partial charge in [0.05, 0.1) is 19.8 Å². The second-order valence-electron chi connectivity index (χ2n) is 3.09. The van der Waals surface area contributed by atoms with Crippen LogP contribution in [0.3, 0.4) is 0 Å². The summed E-state index contributed by atoms with van der Waals surface area (Å²) in [6, 6.07) is 0. The second kappa shape index (κ2) is 5.74. The van der Waals surface area contributed by atoms with E-state index in [-0.39, 0.29) is 19.8 Å². The van der Waals surface area contributed by atoms with Gasteiger partial charge in [-0.3, -0.25) is 0 Å². The predicted molar refractivity (Wildman–Crippen MR) is 49.6 cm³/mol. The third-order valence-corrected chi connectivity index (χ3v) is 2.04. The Morgan fingerprint density at radius 1 is 1.14 bits per heavy atom. The molecule has 0 fully saturated rings. The van der Waals surface area contributed by atoms with Gasteiger partial charge >= 0.3 is 0 Å². The van der Waals surface area contributed by atoms with Crippen molar-refractivity contribution in [2.75, 3.05) is 19.8 Å². The van der Waals surface area contributed by atoms with E-state index in [9.17, 15) is 0 Å². The molecule has 1 rings (SSSR count). The van der Waals surface area contributed by atoms with E-state index in [4.69, 9.17) is 15.3 Å². The van der Waals surface area contributed by atoms with Crippen LogP contribution >= 0.6 is 0 Å². The molecule has 1 aromatic heterocycles. The Morgan fingerprint density at radius 3 is 2.50 bits per heavy atom. The first-order valence-corrected chi connectivity index (χ1v) is 4.72. The summed E-state index contributed by atoms with van der Waals surface area (Å²) in [6.45, 7) is 1.32. The number of nitrogens with zero attached hydrogens (tertiary/aromatic N) is 2. The molecule has 0 aromatic carbocycles. The highest BCUT2D eigenvalue weighted by Gasteiger charge is 2.11. The van der Waals surface area contributed by atoms with Crippen LogP contribution in [-0.2, 0) is 19.5 Å². The van der Waals surface area contributed by atoms with E-state index in [1.807, 2.05) is 21.7 Å². The fourth-order valence-corrected chi connectivity index (χ4v) is 1.42. The van der Waals surface area contributed by atoms with Gasteiger partial charge < -0.3 is 15.3 Å². The zero-order chi connectivity index (χ0) is 10.4. The molecule has 0 aliphatic heterocycles. The molecular weight excluding hydrogens is 184 g/mol. The summed E-state index contributed by atoms with van der Waals surface area (Å²) in [5, 5.41) is 26.4. The molecule has 3 N–H and O–H groups in total. The molecule has 0 atom stereocenters. The summed E-state index contributed by atoms with van der Waals surface area (Å²) in [5.74, 6) is 0. The van der Waals surface area contributed by atoms with E-state index in [1.54, 1.807) is 0 Å². The van der Waals surface area contributed by atoms with E-state index in [0.29, 0.717) is 19.5 Å². The van der Waals surface area contributed by atoms with Crippen LogP contribution in [-0.4, -0.2) is 39.7 Å². The smallest absolute Gasteiger partial charge is 0.244 e. The minimum absolute atomic E-state index is 0.0756. The van der Waals surface area contributed by atoms with Crippen molar-refractivity contribution in [3.05, 3.63) is 18.2 Å². The van der Waals surface area contributed by atoms with Crippen molar-refractivity contribution >= 4 is 0 Å². The number of imidazole rings is 1. The molecule has 0 spiro atoms. The molecule has 0 unspecified atom stereocenters. The summed E-state index contributed by atoms with van der Waals surface area (Å²) in [7, 11) is 0. The van der Waals surface area contributed by atoms with Gasteiger partial charge in [-0.2, -0.15) is 0 Å². The Kier molecular flexibility index (Phi) is 4.58. The molecule has 5 nitrogen and oxygen atoms in total. The monoisotopic (exact) mass is 201 g/mol. The van der Waals surface area contributed by atoms with E-state index in [1.165, 1.54) is 0 Å². The van der Waals surface area contributed by atoms with Crippen LogP contribution in [0.1, 0.15) is 5.69 Å². The van der Waals surface area contributed by atoms with Gasteiger partial charge in [-0.05, 0) is 0 Å². The quantitative estimate of drug-likeness (QED) is 0.480. The normalized spacial score (nSPS) is 10.8. The zero-order valence-corrected chi connectivity index (χ0v) is 8.13. The summed E-state index contributed by atoms with van der Waals surface area (Å²) in [6.07, 6.45) is 4.28. The fraction of sp³-hybridized carbons (Fsp3) is 0.667. The molecule has 14 heavy (non-hydrogen) atoms. The standard InChI is InChI=1S/C9H17N2O3/c12-4-1-9-7-10(2-5-13)8-11(9)3-6-14/h7-8,12-14H,1-6H2/q+1. The topological polar surface area (TPSA) is 69.5 Å². The first-order chi connectivity index (χ1) is 6.81. The zero-order valence-electron chi connectivity index (χ0n) is 8.13. The van der Waals surface area contributed by atoms with Crippen LogP contribution in [0.15, 0.2) is 12.5 Å². The summed E-state index contributed by atoms with van der Waals surface area (Å²) < 4.78 is 3.73. The lowest BCUT2D eigenvalue weighted by Gasteiger charge is -1.95. The lowest BCUT2D eigenvalue weighted by Crippen LogP contribution is -2.33. The van der Waals surface area contributed by atoms with Crippen molar-refractivity contribution in [3.8, 4) is 0 Å². The lowest BCUT2D eigenvalue weighted by atomic mass is 10.3. The summed E-state index contributed by atoms with van der Waals surface area (Å²) in [5.41, 5.74) is 0.968. The average molecular weight is 201 g/mol. The summed E-state index contributed by atoms with van der Waals surface area (Å²) in [4.78, 5) is 0. The van der Waals surface area contributed by atoms with Gasteiger partial charge in [0.15, 0.2) is 0 Å². The fourth-order valence-electron chi connectivity index (χ4n) is 1.42. The SMILES string of the molecule is OCCc1c[n+](CCO)cn1CCO. The van der Waals surface area contributed by atoms with Gasteiger partial charge in [0, 0.05) is 6.42 Å². The van der Waals surface area contributed by atoms with Crippen LogP contribution in [0.5, 0.6) is 0 Å². The van der Waals surface area contributed by atoms with Crippen LogP contribution in [0.4, 0.5) is 0 Å². The molecule has 5 heteroatoms. The lowest BCUT2D eigenvalue weighted by molar-refractivity contribution is -0.697. The minimum atomic E-state index is 0.0756. The molecule has 1 heterocycles. The van der Waals surface area contributed by atoms with Crippen molar-refractivity contribution in [2.24, 2.45) is 0 Å². The molecule has 0 saturated carbocycles. The van der Waals surface area contributed by atoms with Crippen LogP contribution < -0.4 is 4.57 Å². The molecule has 0 aliphatic rings.